The van der Waals surface area contributed by atoms with Crippen molar-refractivity contribution in [3.05, 3.63) is 0 Å². The van der Waals surface area contributed by atoms with Crippen molar-refractivity contribution in [2.45, 2.75) is 141 Å². The van der Waals surface area contributed by atoms with E-state index in [9.17, 15) is 19.2 Å². The van der Waals surface area contributed by atoms with Gasteiger partial charge >= 0.3 is 23.9 Å². The Hall–Kier alpha value is -2.28. The van der Waals surface area contributed by atoms with Gasteiger partial charge in [0.25, 0.3) is 0 Å². The van der Waals surface area contributed by atoms with E-state index < -0.39 is 70.7 Å². The molecule has 0 aromatic carbocycles. The molecule has 4 aliphatic carbocycles. The summed E-state index contributed by atoms with van der Waals surface area (Å²) in [5.74, 6) is -2.22. The maximum absolute atomic E-state index is 14.4. The summed E-state index contributed by atoms with van der Waals surface area (Å²) in [5, 5.41) is 0. The molecule has 0 radical (unpaired) electrons. The van der Waals surface area contributed by atoms with E-state index in [1.54, 1.807) is 0 Å². The summed E-state index contributed by atoms with van der Waals surface area (Å²) in [5.41, 5.74) is -5.33. The first-order valence-electron chi connectivity index (χ1n) is 17.5. The second kappa shape index (κ2) is 13.0. The quantitative estimate of drug-likeness (QED) is 0.268. The molecule has 12 nitrogen and oxygen atoms in total. The first-order chi connectivity index (χ1) is 22.2. The number of esters is 4. The normalized spacial score (nSPS) is 42.1. The van der Waals surface area contributed by atoms with Gasteiger partial charge in [0.15, 0.2) is 0 Å². The molecule has 8 fully saturated rings. The summed E-state index contributed by atoms with van der Waals surface area (Å²) < 4.78 is 47.1. The van der Waals surface area contributed by atoms with E-state index in [1.807, 2.05) is 0 Å². The van der Waals surface area contributed by atoms with Crippen LogP contribution in [-0.4, -0.2) is 75.5 Å². The highest BCUT2D eigenvalue weighted by Crippen LogP contribution is 2.75. The number of carbonyl (C=O) groups excluding carboxylic acids is 4. The van der Waals surface area contributed by atoms with Crippen LogP contribution in [0.25, 0.3) is 0 Å². The first kappa shape index (κ1) is 32.3. The number of rotatable bonds is 8. The number of hydrogen-bond donors (Lipinski definition) is 0. The molecule has 8 rings (SSSR count). The lowest BCUT2D eigenvalue weighted by atomic mass is 9.35. The minimum Gasteiger partial charge on any atom is -0.435 e. The fourth-order valence-electron chi connectivity index (χ4n) is 9.70. The molecule has 4 atom stereocenters. The van der Waals surface area contributed by atoms with Gasteiger partial charge in [-0.25, -0.2) is 0 Å². The van der Waals surface area contributed by atoms with Crippen molar-refractivity contribution < 1.29 is 57.1 Å². The van der Waals surface area contributed by atoms with Crippen molar-refractivity contribution in [1.82, 2.24) is 0 Å². The van der Waals surface area contributed by atoms with Crippen LogP contribution in [0.15, 0.2) is 0 Å². The van der Waals surface area contributed by atoms with Gasteiger partial charge in [0.2, 0.25) is 25.2 Å². The van der Waals surface area contributed by atoms with Crippen LogP contribution in [0.3, 0.4) is 0 Å². The molecule has 4 aliphatic heterocycles. The van der Waals surface area contributed by atoms with Gasteiger partial charge in [0.1, 0.15) is 0 Å². The lowest BCUT2D eigenvalue weighted by Gasteiger charge is -2.66. The van der Waals surface area contributed by atoms with Crippen molar-refractivity contribution >= 4 is 23.9 Å². The Bertz CT molecular complexity index is 945. The van der Waals surface area contributed by atoms with Crippen LogP contribution in [-0.2, 0) is 57.1 Å². The smallest absolute Gasteiger partial charge is 0.314 e. The zero-order valence-corrected chi connectivity index (χ0v) is 26.8. The Kier molecular flexibility index (Phi) is 9.10. The summed E-state index contributed by atoms with van der Waals surface area (Å²) in [6.45, 7) is 1.94. The standard InChI is InChI=1S/C34H48O12/c35-27(43-23-9-1-5-13-39-23)31-17-32(28(36)44-24-10-2-6-14-40-24)20-33(18-31,29(37)45-25-11-3-7-15-41-25)22-34(19-31,21-32)30(38)46-26-12-4-8-16-42-26/h23-26H,1-22H2. The van der Waals surface area contributed by atoms with E-state index in [-0.39, 0.29) is 38.5 Å². The molecule has 4 bridgehead atoms. The zero-order valence-electron chi connectivity index (χ0n) is 26.8. The minimum absolute atomic E-state index is 0.0982. The molecule has 8 aliphatic rings. The fourth-order valence-corrected chi connectivity index (χ4v) is 9.70. The summed E-state index contributed by atoms with van der Waals surface area (Å²) in [6, 6.07) is 0. The number of hydrogen-bond acceptors (Lipinski definition) is 12. The van der Waals surface area contributed by atoms with Crippen molar-refractivity contribution in [2.24, 2.45) is 21.7 Å². The molecule has 4 saturated carbocycles. The van der Waals surface area contributed by atoms with Crippen LogP contribution in [0.4, 0.5) is 0 Å². The van der Waals surface area contributed by atoms with Crippen LogP contribution in [0.2, 0.25) is 0 Å². The monoisotopic (exact) mass is 648 g/mol. The average Bonchev–Trinajstić information content (AvgIpc) is 3.06. The van der Waals surface area contributed by atoms with Crippen molar-refractivity contribution in [3.8, 4) is 0 Å². The fraction of sp³-hybridized carbons (Fsp3) is 0.882. The van der Waals surface area contributed by atoms with E-state index in [0.29, 0.717) is 52.1 Å². The molecular weight excluding hydrogens is 600 g/mol. The van der Waals surface area contributed by atoms with E-state index in [0.717, 1.165) is 51.4 Å². The summed E-state index contributed by atoms with van der Waals surface area (Å²) in [6.07, 6.45) is 6.93. The molecule has 0 N–H and O–H groups in total. The van der Waals surface area contributed by atoms with Crippen LogP contribution in [0, 0.1) is 21.7 Å². The zero-order chi connectivity index (χ0) is 31.8. The van der Waals surface area contributed by atoms with E-state index in [4.69, 9.17) is 37.9 Å². The van der Waals surface area contributed by atoms with Gasteiger partial charge in [-0.2, -0.15) is 0 Å². The Labute approximate surface area is 269 Å². The molecule has 256 valence electrons. The average molecular weight is 649 g/mol. The molecule has 0 aromatic heterocycles. The highest BCUT2D eigenvalue weighted by atomic mass is 16.7. The maximum Gasteiger partial charge on any atom is 0.314 e. The second-order valence-electron chi connectivity index (χ2n) is 15.0. The van der Waals surface area contributed by atoms with Crippen molar-refractivity contribution in [1.29, 1.82) is 0 Å². The molecule has 0 aromatic rings. The van der Waals surface area contributed by atoms with Gasteiger partial charge in [-0.3, -0.25) is 19.2 Å². The Morgan fingerprint density at radius 2 is 0.587 bits per heavy atom. The Morgan fingerprint density at radius 3 is 0.761 bits per heavy atom. The van der Waals surface area contributed by atoms with Gasteiger partial charge in [-0.05, 0) is 89.9 Å². The van der Waals surface area contributed by atoms with Crippen molar-refractivity contribution in [2.75, 3.05) is 26.4 Å². The minimum atomic E-state index is -1.33. The number of ether oxygens (including phenoxy) is 8. The van der Waals surface area contributed by atoms with E-state index >= 15 is 0 Å². The molecule has 46 heavy (non-hydrogen) atoms. The van der Waals surface area contributed by atoms with E-state index in [2.05, 4.69) is 0 Å². The molecule has 0 spiro atoms. The van der Waals surface area contributed by atoms with Crippen LogP contribution in [0.5, 0.6) is 0 Å². The third-order valence-electron chi connectivity index (χ3n) is 11.3. The molecule has 0 amide bonds. The molecular formula is C34H48O12. The SMILES string of the molecule is O=C(OC1CCCCO1)C12CC3(C(=O)OC4CCCCO4)CC(C(=O)OC4CCCCO4)(C1)CC(C(=O)OC1CCCCO1)(C2)C3. The predicted octanol–water partition coefficient (Wildman–Crippen LogP) is 4.59. The largest absolute Gasteiger partial charge is 0.435 e. The number of carbonyl (C=O) groups is 4. The van der Waals surface area contributed by atoms with Gasteiger partial charge in [-0.15, -0.1) is 0 Å². The topological polar surface area (TPSA) is 142 Å². The third kappa shape index (κ3) is 6.19. The Balaban J connectivity index is 1.26. The van der Waals surface area contributed by atoms with Crippen LogP contribution in [0.1, 0.15) is 116 Å². The summed E-state index contributed by atoms with van der Waals surface area (Å²) in [7, 11) is 0. The molecule has 4 unspecified atom stereocenters. The Morgan fingerprint density at radius 1 is 0.370 bits per heavy atom. The van der Waals surface area contributed by atoms with Crippen LogP contribution >= 0.6 is 0 Å². The lowest BCUT2D eigenvalue weighted by molar-refractivity contribution is -0.261. The van der Waals surface area contributed by atoms with Gasteiger partial charge < -0.3 is 37.9 Å². The summed E-state index contributed by atoms with van der Waals surface area (Å²) in [4.78, 5) is 57.6. The highest BCUT2D eigenvalue weighted by molar-refractivity contribution is 5.92. The second-order valence-corrected chi connectivity index (χ2v) is 15.0. The highest BCUT2D eigenvalue weighted by Gasteiger charge is 2.77. The predicted molar refractivity (Wildman–Crippen MR) is 156 cm³/mol. The third-order valence-corrected chi connectivity index (χ3v) is 11.3. The maximum atomic E-state index is 14.4. The van der Waals surface area contributed by atoms with Crippen LogP contribution < -0.4 is 0 Å². The molecule has 4 heterocycles. The van der Waals surface area contributed by atoms with E-state index in [1.165, 1.54) is 0 Å². The molecule has 12 heteroatoms. The van der Waals surface area contributed by atoms with Gasteiger partial charge in [0.05, 0.1) is 48.1 Å². The lowest BCUT2D eigenvalue weighted by Crippen LogP contribution is -2.69. The van der Waals surface area contributed by atoms with Gasteiger partial charge in [-0.1, -0.05) is 0 Å². The molecule has 4 saturated heterocycles. The van der Waals surface area contributed by atoms with Crippen molar-refractivity contribution in [3.63, 3.8) is 0 Å². The van der Waals surface area contributed by atoms with Gasteiger partial charge in [0, 0.05) is 25.7 Å². The summed E-state index contributed by atoms with van der Waals surface area (Å²) >= 11 is 0. The first-order valence-corrected chi connectivity index (χ1v) is 17.5.